The summed E-state index contributed by atoms with van der Waals surface area (Å²) in [5.41, 5.74) is 0.700. The number of hydrogen-bond donors (Lipinski definition) is 1. The molecule has 26 heavy (non-hydrogen) atoms. The predicted octanol–water partition coefficient (Wildman–Crippen LogP) is 2.48. The summed E-state index contributed by atoms with van der Waals surface area (Å²) in [6, 6.07) is 11.4. The fraction of sp³-hybridized carbons (Fsp3) is 0.278. The van der Waals surface area contributed by atoms with Crippen molar-refractivity contribution in [2.45, 2.75) is 0 Å². The minimum Gasteiger partial charge on any atom is -0.493 e. The highest BCUT2D eigenvalue weighted by Crippen LogP contribution is 2.26. The van der Waals surface area contributed by atoms with E-state index in [2.05, 4.69) is 5.32 Å². The number of carbonyl (C=O) groups excluding carboxylic acids is 1. The zero-order valence-corrected chi connectivity index (χ0v) is 14.9. The number of benzene rings is 2. The summed E-state index contributed by atoms with van der Waals surface area (Å²) >= 11 is 0. The topological polar surface area (TPSA) is 93.9 Å². The highest BCUT2D eigenvalue weighted by molar-refractivity contribution is 6.00. The summed E-state index contributed by atoms with van der Waals surface area (Å²) in [6.07, 6.45) is 0. The number of amides is 1. The summed E-state index contributed by atoms with van der Waals surface area (Å²) in [5.74, 6) is 0.780. The van der Waals surface area contributed by atoms with Crippen LogP contribution in [-0.4, -0.2) is 45.2 Å². The van der Waals surface area contributed by atoms with Crippen molar-refractivity contribution in [3.8, 4) is 11.5 Å². The van der Waals surface area contributed by atoms with Crippen LogP contribution in [0, 0.1) is 10.1 Å². The maximum Gasteiger partial charge on any atom is 0.270 e. The average molecular weight is 359 g/mol. The van der Waals surface area contributed by atoms with Crippen LogP contribution in [-0.2, 0) is 0 Å². The molecule has 0 bridgehead atoms. The number of nitro groups is 1. The molecule has 0 aromatic heterocycles. The van der Waals surface area contributed by atoms with Crippen LogP contribution in [0.1, 0.15) is 10.4 Å². The standard InChI is InChI=1S/C18H21N3O5/c1-20(2)15-9-8-13(21(23)24)12-14(15)18(22)19-10-11-26-17-7-5-4-6-16(17)25-3/h4-9,12H,10-11H2,1-3H3,(H,19,22). The number of rotatable bonds is 8. The third kappa shape index (κ3) is 4.62. The molecule has 0 spiro atoms. The summed E-state index contributed by atoms with van der Waals surface area (Å²) in [5, 5.41) is 13.7. The lowest BCUT2D eigenvalue weighted by atomic mass is 10.1. The maximum atomic E-state index is 12.4. The number of methoxy groups -OCH3 is 1. The van der Waals surface area contributed by atoms with E-state index in [1.54, 1.807) is 44.3 Å². The Kier molecular flexibility index (Phi) is 6.37. The van der Waals surface area contributed by atoms with Gasteiger partial charge in [-0.15, -0.1) is 0 Å². The smallest absolute Gasteiger partial charge is 0.270 e. The lowest BCUT2D eigenvalue weighted by molar-refractivity contribution is -0.384. The molecule has 1 amide bonds. The van der Waals surface area contributed by atoms with E-state index in [-0.39, 0.29) is 24.4 Å². The van der Waals surface area contributed by atoms with Gasteiger partial charge < -0.3 is 19.7 Å². The highest BCUT2D eigenvalue weighted by Gasteiger charge is 2.17. The lowest BCUT2D eigenvalue weighted by Gasteiger charge is -2.17. The van der Waals surface area contributed by atoms with Gasteiger partial charge in [0, 0.05) is 31.9 Å². The Hall–Kier alpha value is -3.29. The summed E-state index contributed by atoms with van der Waals surface area (Å²) in [6.45, 7) is 0.477. The van der Waals surface area contributed by atoms with Crippen molar-refractivity contribution in [2.24, 2.45) is 0 Å². The molecule has 2 aromatic rings. The number of nitrogens with one attached hydrogen (secondary N) is 1. The van der Waals surface area contributed by atoms with Gasteiger partial charge in [-0.1, -0.05) is 12.1 Å². The Morgan fingerprint density at radius 2 is 1.88 bits per heavy atom. The van der Waals surface area contributed by atoms with Crippen molar-refractivity contribution in [3.63, 3.8) is 0 Å². The SMILES string of the molecule is COc1ccccc1OCCNC(=O)c1cc([N+](=O)[O-])ccc1N(C)C. The van der Waals surface area contributed by atoms with Gasteiger partial charge in [0.05, 0.1) is 24.1 Å². The zero-order valence-electron chi connectivity index (χ0n) is 14.9. The Bertz CT molecular complexity index is 792. The second-order valence-electron chi connectivity index (χ2n) is 5.61. The van der Waals surface area contributed by atoms with E-state index in [1.807, 2.05) is 12.1 Å². The first-order chi connectivity index (χ1) is 12.4. The van der Waals surface area contributed by atoms with Gasteiger partial charge >= 0.3 is 0 Å². The minimum absolute atomic E-state index is 0.133. The van der Waals surface area contributed by atoms with E-state index < -0.39 is 10.8 Å². The summed E-state index contributed by atoms with van der Waals surface area (Å²) < 4.78 is 10.8. The normalized spacial score (nSPS) is 10.1. The van der Waals surface area contributed by atoms with Gasteiger partial charge in [0.15, 0.2) is 11.5 Å². The molecule has 1 N–H and O–H groups in total. The monoisotopic (exact) mass is 359 g/mol. The lowest BCUT2D eigenvalue weighted by Crippen LogP contribution is -2.29. The molecule has 0 aliphatic heterocycles. The van der Waals surface area contributed by atoms with Crippen LogP contribution in [0.5, 0.6) is 11.5 Å². The number of hydrogen-bond acceptors (Lipinski definition) is 6. The minimum atomic E-state index is -0.527. The first-order valence-electron chi connectivity index (χ1n) is 7.94. The van der Waals surface area contributed by atoms with E-state index in [9.17, 15) is 14.9 Å². The molecule has 0 saturated carbocycles. The maximum absolute atomic E-state index is 12.4. The molecule has 0 unspecified atom stereocenters. The quantitative estimate of drug-likeness (QED) is 0.442. The molecule has 2 rings (SSSR count). The third-order valence-electron chi connectivity index (χ3n) is 3.63. The van der Waals surface area contributed by atoms with Gasteiger partial charge in [-0.05, 0) is 18.2 Å². The number of ether oxygens (including phenoxy) is 2. The van der Waals surface area contributed by atoms with Crippen LogP contribution in [0.3, 0.4) is 0 Å². The molecular weight excluding hydrogens is 338 g/mol. The second kappa shape index (κ2) is 8.70. The molecule has 0 heterocycles. The van der Waals surface area contributed by atoms with Crippen molar-refractivity contribution < 1.29 is 19.2 Å². The number of non-ortho nitro benzene ring substituents is 1. The predicted molar refractivity (Wildman–Crippen MR) is 98.2 cm³/mol. The summed E-state index contributed by atoms with van der Waals surface area (Å²) in [7, 11) is 5.08. The van der Waals surface area contributed by atoms with Crippen molar-refractivity contribution in [3.05, 3.63) is 58.1 Å². The number of para-hydroxylation sites is 2. The molecule has 138 valence electrons. The number of nitrogens with zero attached hydrogens (tertiary/aromatic N) is 2. The van der Waals surface area contributed by atoms with E-state index in [0.29, 0.717) is 17.2 Å². The number of anilines is 1. The molecule has 8 nitrogen and oxygen atoms in total. The van der Waals surface area contributed by atoms with E-state index in [0.717, 1.165) is 0 Å². The molecule has 0 fully saturated rings. The van der Waals surface area contributed by atoms with Crippen LogP contribution in [0.4, 0.5) is 11.4 Å². The average Bonchev–Trinajstić information content (AvgIpc) is 2.64. The molecule has 8 heteroatoms. The highest BCUT2D eigenvalue weighted by atomic mass is 16.6. The van der Waals surface area contributed by atoms with Crippen LogP contribution >= 0.6 is 0 Å². The first-order valence-corrected chi connectivity index (χ1v) is 7.94. The largest absolute Gasteiger partial charge is 0.493 e. The van der Waals surface area contributed by atoms with E-state index >= 15 is 0 Å². The van der Waals surface area contributed by atoms with E-state index in [1.165, 1.54) is 12.1 Å². The number of nitro benzene ring substituents is 1. The van der Waals surface area contributed by atoms with Crippen LogP contribution in [0.15, 0.2) is 42.5 Å². The van der Waals surface area contributed by atoms with Gasteiger partial charge in [0.25, 0.3) is 11.6 Å². The Balaban J connectivity index is 2.01. The molecule has 0 radical (unpaired) electrons. The van der Waals surface area contributed by atoms with Gasteiger partial charge in [0.1, 0.15) is 6.61 Å². The zero-order chi connectivity index (χ0) is 19.1. The summed E-state index contributed by atoms with van der Waals surface area (Å²) in [4.78, 5) is 24.6. The second-order valence-corrected chi connectivity index (χ2v) is 5.61. The van der Waals surface area contributed by atoms with Crippen LogP contribution in [0.25, 0.3) is 0 Å². The fourth-order valence-corrected chi connectivity index (χ4v) is 2.37. The number of carbonyl (C=O) groups is 1. The third-order valence-corrected chi connectivity index (χ3v) is 3.63. The Labute approximate surface area is 151 Å². The molecular formula is C18H21N3O5. The molecule has 0 atom stereocenters. The van der Waals surface area contributed by atoms with Crippen LogP contribution < -0.4 is 19.7 Å². The van der Waals surface area contributed by atoms with Crippen molar-refractivity contribution in [1.29, 1.82) is 0 Å². The molecule has 2 aromatic carbocycles. The fourth-order valence-electron chi connectivity index (χ4n) is 2.37. The molecule has 0 aliphatic carbocycles. The Morgan fingerprint density at radius 1 is 1.19 bits per heavy atom. The van der Waals surface area contributed by atoms with Gasteiger partial charge in [-0.25, -0.2) is 0 Å². The van der Waals surface area contributed by atoms with Crippen molar-refractivity contribution in [1.82, 2.24) is 5.32 Å². The molecule has 0 saturated heterocycles. The van der Waals surface area contributed by atoms with Gasteiger partial charge in [-0.3, -0.25) is 14.9 Å². The first kappa shape index (κ1) is 19.0. The van der Waals surface area contributed by atoms with E-state index in [4.69, 9.17) is 9.47 Å². The van der Waals surface area contributed by atoms with Crippen LogP contribution in [0.2, 0.25) is 0 Å². The van der Waals surface area contributed by atoms with Crippen molar-refractivity contribution >= 4 is 17.3 Å². The van der Waals surface area contributed by atoms with Gasteiger partial charge in [0.2, 0.25) is 0 Å². The Morgan fingerprint density at radius 3 is 2.50 bits per heavy atom. The molecule has 0 aliphatic rings. The van der Waals surface area contributed by atoms with Crippen molar-refractivity contribution in [2.75, 3.05) is 39.3 Å². The van der Waals surface area contributed by atoms with Gasteiger partial charge in [-0.2, -0.15) is 0 Å².